The van der Waals surface area contributed by atoms with Crippen LogP contribution in [0.15, 0.2) is 12.1 Å². The summed E-state index contributed by atoms with van der Waals surface area (Å²) < 4.78 is 0. The van der Waals surface area contributed by atoms with Crippen LogP contribution in [0.2, 0.25) is 0 Å². The second kappa shape index (κ2) is 8.47. The molecule has 1 aromatic rings. The van der Waals surface area contributed by atoms with Crippen LogP contribution in [-0.4, -0.2) is 10.2 Å². The van der Waals surface area contributed by atoms with E-state index in [2.05, 4.69) is 27.7 Å². The maximum Gasteiger partial charge on any atom is 0.122 e. The van der Waals surface area contributed by atoms with Gasteiger partial charge in [-0.15, -0.1) is 0 Å². The summed E-state index contributed by atoms with van der Waals surface area (Å²) in [5.41, 5.74) is 3.24. The standard InChI is InChI=1S/C23H38O2/c1-5-22(2,3)12-8-7-11-20-18(16-19(24)17-21(20)25)10-6-9-13-23(4)14-15-23/h16-17,24-25H,5-15H2,1-4H3. The van der Waals surface area contributed by atoms with Gasteiger partial charge in [0.2, 0.25) is 0 Å². The summed E-state index contributed by atoms with van der Waals surface area (Å²) in [5, 5.41) is 20.2. The Hall–Kier alpha value is -1.18. The van der Waals surface area contributed by atoms with E-state index < -0.39 is 0 Å². The minimum absolute atomic E-state index is 0.192. The van der Waals surface area contributed by atoms with E-state index in [1.54, 1.807) is 0 Å². The summed E-state index contributed by atoms with van der Waals surface area (Å²) in [4.78, 5) is 0. The summed E-state index contributed by atoms with van der Waals surface area (Å²) in [7, 11) is 0. The number of phenols is 2. The first kappa shape index (κ1) is 20.1. The molecule has 0 atom stereocenters. The number of rotatable bonds is 11. The van der Waals surface area contributed by atoms with Crippen molar-refractivity contribution in [1.82, 2.24) is 0 Å². The fourth-order valence-electron chi connectivity index (χ4n) is 3.62. The fourth-order valence-corrected chi connectivity index (χ4v) is 3.62. The highest BCUT2D eigenvalue weighted by molar-refractivity contribution is 5.45. The van der Waals surface area contributed by atoms with Gasteiger partial charge in [-0.2, -0.15) is 0 Å². The topological polar surface area (TPSA) is 40.5 Å². The quantitative estimate of drug-likeness (QED) is 0.434. The Balaban J connectivity index is 1.87. The van der Waals surface area contributed by atoms with Crippen molar-refractivity contribution in [3.63, 3.8) is 0 Å². The third kappa shape index (κ3) is 6.56. The molecule has 0 spiro atoms. The number of benzene rings is 1. The molecule has 142 valence electrons. The van der Waals surface area contributed by atoms with Crippen LogP contribution < -0.4 is 0 Å². The molecule has 2 heteroatoms. The van der Waals surface area contributed by atoms with Crippen LogP contribution in [-0.2, 0) is 12.8 Å². The van der Waals surface area contributed by atoms with Crippen LogP contribution in [0.3, 0.4) is 0 Å². The SMILES string of the molecule is CCC(C)(C)CCCCc1c(O)cc(O)cc1CCCCC1(C)CC1. The van der Waals surface area contributed by atoms with E-state index in [4.69, 9.17) is 0 Å². The van der Waals surface area contributed by atoms with Gasteiger partial charge in [0.05, 0.1) is 0 Å². The van der Waals surface area contributed by atoms with Gasteiger partial charge in [-0.05, 0) is 79.4 Å². The maximum absolute atomic E-state index is 10.3. The molecular weight excluding hydrogens is 308 g/mol. The van der Waals surface area contributed by atoms with Gasteiger partial charge in [0.15, 0.2) is 0 Å². The van der Waals surface area contributed by atoms with E-state index in [0.717, 1.165) is 36.8 Å². The van der Waals surface area contributed by atoms with E-state index in [1.165, 1.54) is 51.0 Å². The van der Waals surface area contributed by atoms with Gasteiger partial charge in [-0.3, -0.25) is 0 Å². The molecule has 0 bridgehead atoms. The fraction of sp³-hybridized carbons (Fsp3) is 0.739. The molecule has 0 saturated heterocycles. The van der Waals surface area contributed by atoms with Gasteiger partial charge in [0.25, 0.3) is 0 Å². The third-order valence-corrected chi connectivity index (χ3v) is 6.37. The normalized spacial score (nSPS) is 16.2. The van der Waals surface area contributed by atoms with Gasteiger partial charge < -0.3 is 10.2 Å². The molecule has 25 heavy (non-hydrogen) atoms. The highest BCUT2D eigenvalue weighted by atomic mass is 16.3. The zero-order chi connectivity index (χ0) is 18.5. The lowest BCUT2D eigenvalue weighted by Gasteiger charge is -2.22. The van der Waals surface area contributed by atoms with Crippen molar-refractivity contribution < 1.29 is 10.2 Å². The predicted molar refractivity (Wildman–Crippen MR) is 106 cm³/mol. The molecule has 0 radical (unpaired) electrons. The van der Waals surface area contributed by atoms with Gasteiger partial charge >= 0.3 is 0 Å². The molecule has 1 saturated carbocycles. The van der Waals surface area contributed by atoms with Crippen molar-refractivity contribution in [2.45, 2.75) is 98.3 Å². The van der Waals surface area contributed by atoms with Gasteiger partial charge in [0.1, 0.15) is 11.5 Å². The average Bonchev–Trinajstić information content (AvgIpc) is 3.27. The van der Waals surface area contributed by atoms with Crippen molar-refractivity contribution in [2.24, 2.45) is 10.8 Å². The lowest BCUT2D eigenvalue weighted by Crippen LogP contribution is -2.09. The number of phenolic OH excluding ortho intramolecular Hbond substituents is 2. The monoisotopic (exact) mass is 346 g/mol. The predicted octanol–water partition coefficient (Wildman–Crippen LogP) is 6.76. The highest BCUT2D eigenvalue weighted by Gasteiger charge is 2.35. The van der Waals surface area contributed by atoms with E-state index in [0.29, 0.717) is 10.8 Å². The Kier molecular flexibility index (Phi) is 6.82. The van der Waals surface area contributed by atoms with Crippen LogP contribution in [0.5, 0.6) is 11.5 Å². The second-order valence-corrected chi connectivity index (χ2v) is 9.35. The van der Waals surface area contributed by atoms with E-state index in [1.807, 2.05) is 6.07 Å². The molecule has 0 heterocycles. The molecule has 0 aromatic heterocycles. The van der Waals surface area contributed by atoms with E-state index >= 15 is 0 Å². The van der Waals surface area contributed by atoms with Crippen LogP contribution >= 0.6 is 0 Å². The van der Waals surface area contributed by atoms with Gasteiger partial charge in [0, 0.05) is 6.07 Å². The van der Waals surface area contributed by atoms with Crippen molar-refractivity contribution >= 4 is 0 Å². The zero-order valence-electron chi connectivity index (χ0n) is 16.8. The minimum Gasteiger partial charge on any atom is -0.508 e. The Morgan fingerprint density at radius 1 is 1.00 bits per heavy atom. The van der Waals surface area contributed by atoms with Crippen LogP contribution in [0.4, 0.5) is 0 Å². The average molecular weight is 347 g/mol. The van der Waals surface area contributed by atoms with E-state index in [-0.39, 0.29) is 11.5 Å². The van der Waals surface area contributed by atoms with Crippen molar-refractivity contribution in [3.8, 4) is 11.5 Å². The number of unbranched alkanes of at least 4 members (excludes halogenated alkanes) is 2. The molecule has 2 rings (SSSR count). The zero-order valence-corrected chi connectivity index (χ0v) is 16.8. The number of hydrogen-bond acceptors (Lipinski definition) is 2. The number of aromatic hydroxyl groups is 2. The molecule has 1 aliphatic carbocycles. The Morgan fingerprint density at radius 2 is 1.68 bits per heavy atom. The first-order valence-corrected chi connectivity index (χ1v) is 10.3. The molecule has 1 fully saturated rings. The van der Waals surface area contributed by atoms with Crippen LogP contribution in [0.1, 0.15) is 96.6 Å². The minimum atomic E-state index is 0.192. The molecule has 0 amide bonds. The Labute approximate surface area is 154 Å². The molecule has 2 N–H and O–H groups in total. The van der Waals surface area contributed by atoms with Gasteiger partial charge in [-0.25, -0.2) is 0 Å². The summed E-state index contributed by atoms with van der Waals surface area (Å²) in [6.45, 7) is 9.30. The molecule has 0 unspecified atom stereocenters. The van der Waals surface area contributed by atoms with Crippen LogP contribution in [0, 0.1) is 10.8 Å². The highest BCUT2D eigenvalue weighted by Crippen LogP contribution is 2.49. The lowest BCUT2D eigenvalue weighted by atomic mass is 9.84. The van der Waals surface area contributed by atoms with Crippen molar-refractivity contribution in [1.29, 1.82) is 0 Å². The maximum atomic E-state index is 10.3. The summed E-state index contributed by atoms with van der Waals surface area (Å²) >= 11 is 0. The van der Waals surface area contributed by atoms with Crippen molar-refractivity contribution in [2.75, 3.05) is 0 Å². The summed E-state index contributed by atoms with van der Waals surface area (Å²) in [6, 6.07) is 3.37. The summed E-state index contributed by atoms with van der Waals surface area (Å²) in [5.74, 6) is 0.469. The molecule has 1 aromatic carbocycles. The van der Waals surface area contributed by atoms with Crippen molar-refractivity contribution in [3.05, 3.63) is 23.3 Å². The first-order valence-electron chi connectivity index (χ1n) is 10.3. The Bertz CT molecular complexity index is 555. The summed E-state index contributed by atoms with van der Waals surface area (Å²) in [6.07, 6.45) is 13.1. The second-order valence-electron chi connectivity index (χ2n) is 9.35. The molecule has 1 aliphatic rings. The molecular formula is C23H38O2. The van der Waals surface area contributed by atoms with E-state index in [9.17, 15) is 10.2 Å². The Morgan fingerprint density at radius 3 is 2.32 bits per heavy atom. The molecule has 2 nitrogen and oxygen atoms in total. The third-order valence-electron chi connectivity index (χ3n) is 6.37. The van der Waals surface area contributed by atoms with Gasteiger partial charge in [-0.1, -0.05) is 47.0 Å². The lowest BCUT2D eigenvalue weighted by molar-refractivity contribution is 0.309. The first-order chi connectivity index (χ1) is 11.7. The largest absolute Gasteiger partial charge is 0.508 e. The smallest absolute Gasteiger partial charge is 0.122 e. The number of hydrogen-bond donors (Lipinski definition) is 2. The van der Waals surface area contributed by atoms with Crippen LogP contribution in [0.25, 0.3) is 0 Å². The molecule has 0 aliphatic heterocycles. The number of aryl methyl sites for hydroxylation is 1.